The molecule has 1 N–H and O–H groups in total. The lowest BCUT2D eigenvalue weighted by atomic mass is 9.99. The molecular weight excluding hydrogens is 424 g/mol. The lowest BCUT2D eigenvalue weighted by Gasteiger charge is -2.29. The molecule has 1 aromatic heterocycles. The molecule has 0 aliphatic carbocycles. The number of nitrogens with zero attached hydrogens (tertiary/aromatic N) is 3. The van der Waals surface area contributed by atoms with E-state index in [-0.39, 0.29) is 5.57 Å². The molecule has 0 atom stereocenters. The molecule has 34 heavy (non-hydrogen) atoms. The van der Waals surface area contributed by atoms with Crippen LogP contribution in [-0.2, 0) is 9.47 Å². The average molecular weight is 455 g/mol. The van der Waals surface area contributed by atoms with Crippen LogP contribution < -0.4 is 10.2 Å². The predicted molar refractivity (Wildman–Crippen MR) is 139 cm³/mol. The van der Waals surface area contributed by atoms with Crippen molar-refractivity contribution >= 4 is 23.0 Å². The molecule has 6 nitrogen and oxygen atoms in total. The summed E-state index contributed by atoms with van der Waals surface area (Å²) < 4.78 is 10.7. The van der Waals surface area contributed by atoms with Crippen molar-refractivity contribution in [3.8, 4) is 6.07 Å². The van der Waals surface area contributed by atoms with Crippen molar-refractivity contribution in [1.29, 1.82) is 5.26 Å². The number of nitriles is 1. The minimum absolute atomic E-state index is 0.259. The largest absolute Gasteiger partial charge is 0.495 e. The first kappa shape index (κ1) is 24.6. The van der Waals surface area contributed by atoms with Crippen LogP contribution in [0.25, 0.3) is 17.3 Å². The molecule has 2 heterocycles. The van der Waals surface area contributed by atoms with Crippen LogP contribution in [-0.4, -0.2) is 45.4 Å². The Hall–Kier alpha value is -4.08. The van der Waals surface area contributed by atoms with Gasteiger partial charge in [0, 0.05) is 49.5 Å². The van der Waals surface area contributed by atoms with E-state index in [0.717, 1.165) is 54.3 Å². The van der Waals surface area contributed by atoms with Crippen LogP contribution in [0.1, 0.15) is 16.7 Å². The van der Waals surface area contributed by atoms with Gasteiger partial charge in [-0.1, -0.05) is 37.4 Å². The van der Waals surface area contributed by atoms with E-state index < -0.39 is 0 Å². The smallest absolute Gasteiger partial charge is 0.136 e. The van der Waals surface area contributed by atoms with Gasteiger partial charge in [-0.15, -0.1) is 0 Å². The summed E-state index contributed by atoms with van der Waals surface area (Å²) in [4.78, 5) is 6.65. The first-order chi connectivity index (χ1) is 16.6. The molecule has 1 aromatic carbocycles. The zero-order valence-electron chi connectivity index (χ0n) is 19.8. The second-order valence-corrected chi connectivity index (χ2v) is 7.57. The van der Waals surface area contributed by atoms with Gasteiger partial charge < -0.3 is 19.7 Å². The monoisotopic (exact) mass is 454 g/mol. The number of hydrogen-bond acceptors (Lipinski definition) is 6. The van der Waals surface area contributed by atoms with Gasteiger partial charge in [0.25, 0.3) is 0 Å². The van der Waals surface area contributed by atoms with Crippen molar-refractivity contribution in [2.45, 2.75) is 0 Å². The van der Waals surface area contributed by atoms with E-state index in [2.05, 4.69) is 58.7 Å². The highest BCUT2D eigenvalue weighted by molar-refractivity contribution is 5.87. The maximum Gasteiger partial charge on any atom is 0.136 e. The van der Waals surface area contributed by atoms with E-state index in [9.17, 15) is 0 Å². The van der Waals surface area contributed by atoms with Gasteiger partial charge in [-0.3, -0.25) is 4.98 Å². The Bertz CT molecular complexity index is 1150. The number of hydrogen-bond donors (Lipinski definition) is 1. The molecule has 3 rings (SSSR count). The van der Waals surface area contributed by atoms with Crippen molar-refractivity contribution in [3.63, 3.8) is 0 Å². The topological polar surface area (TPSA) is 70.4 Å². The molecule has 1 aliphatic heterocycles. The second-order valence-electron chi connectivity index (χ2n) is 7.57. The van der Waals surface area contributed by atoms with E-state index in [1.54, 1.807) is 18.3 Å². The second kappa shape index (κ2) is 12.2. The zero-order valence-corrected chi connectivity index (χ0v) is 19.8. The SMILES string of the molecule is C=C/C(=C\C=C(\OC)C(=C)C#N)c1ccncc1/C=C(\NC)c1ccc(N2CCOCC2)cc1. The maximum atomic E-state index is 9.10. The molecule has 2 aromatic rings. The summed E-state index contributed by atoms with van der Waals surface area (Å²) in [6.07, 6.45) is 11.0. The third kappa shape index (κ3) is 6.03. The zero-order chi connectivity index (χ0) is 24.3. The lowest BCUT2D eigenvalue weighted by Crippen LogP contribution is -2.36. The van der Waals surface area contributed by atoms with E-state index in [1.165, 1.54) is 12.8 Å². The van der Waals surface area contributed by atoms with Gasteiger partial charge in [-0.2, -0.15) is 5.26 Å². The van der Waals surface area contributed by atoms with E-state index in [1.807, 2.05) is 31.5 Å². The van der Waals surface area contributed by atoms with Crippen molar-refractivity contribution in [1.82, 2.24) is 10.3 Å². The average Bonchev–Trinajstić information content (AvgIpc) is 2.90. The number of nitrogens with one attached hydrogen (secondary N) is 1. The minimum Gasteiger partial charge on any atom is -0.495 e. The number of rotatable bonds is 9. The van der Waals surface area contributed by atoms with Crippen LogP contribution in [0.15, 0.2) is 85.4 Å². The Morgan fingerprint density at radius 3 is 2.56 bits per heavy atom. The highest BCUT2D eigenvalue weighted by Gasteiger charge is 2.12. The third-order valence-electron chi connectivity index (χ3n) is 5.57. The molecule has 0 amide bonds. The van der Waals surface area contributed by atoms with Gasteiger partial charge >= 0.3 is 0 Å². The molecule has 1 saturated heterocycles. The fourth-order valence-electron chi connectivity index (χ4n) is 3.69. The number of pyridine rings is 1. The Morgan fingerprint density at radius 2 is 1.94 bits per heavy atom. The molecule has 0 bridgehead atoms. The summed E-state index contributed by atoms with van der Waals surface area (Å²) in [7, 11) is 3.42. The number of aromatic nitrogens is 1. The summed E-state index contributed by atoms with van der Waals surface area (Å²) >= 11 is 0. The standard InChI is InChI=1S/C28H30N4O2/c1-5-22(8-11-28(33-4)21(2)19-29)26-12-13-31-20-24(26)18-27(30-3)23-6-9-25(10-7-23)32-14-16-34-17-15-32/h5-13,18,20,30H,1-2,14-17H2,3-4H3/b22-8+,27-18-,28-11+. The highest BCUT2D eigenvalue weighted by atomic mass is 16.5. The number of ether oxygens (including phenoxy) is 2. The predicted octanol–water partition coefficient (Wildman–Crippen LogP) is 4.82. The van der Waals surface area contributed by atoms with Gasteiger partial charge in [-0.25, -0.2) is 0 Å². The number of anilines is 1. The van der Waals surface area contributed by atoms with Gasteiger partial charge in [0.15, 0.2) is 0 Å². The highest BCUT2D eigenvalue weighted by Crippen LogP contribution is 2.26. The van der Waals surface area contributed by atoms with E-state index in [4.69, 9.17) is 14.7 Å². The molecule has 1 aliphatic rings. The van der Waals surface area contributed by atoms with Crippen molar-refractivity contribution in [2.24, 2.45) is 0 Å². The number of allylic oxidation sites excluding steroid dienone is 5. The lowest BCUT2D eigenvalue weighted by molar-refractivity contribution is 0.122. The molecule has 174 valence electrons. The van der Waals surface area contributed by atoms with Crippen LogP contribution in [0.5, 0.6) is 0 Å². The Balaban J connectivity index is 1.94. The summed E-state index contributed by atoms with van der Waals surface area (Å²) in [5.74, 6) is 0.407. The summed E-state index contributed by atoms with van der Waals surface area (Å²) in [6, 6.07) is 12.5. The summed E-state index contributed by atoms with van der Waals surface area (Å²) in [5, 5.41) is 12.4. The maximum absolute atomic E-state index is 9.10. The van der Waals surface area contributed by atoms with Crippen molar-refractivity contribution in [2.75, 3.05) is 45.4 Å². The Labute approximate surface area is 201 Å². The van der Waals surface area contributed by atoms with Crippen LogP contribution in [0.3, 0.4) is 0 Å². The molecule has 0 unspecified atom stereocenters. The quantitative estimate of drug-likeness (QED) is 0.333. The fraction of sp³-hybridized carbons (Fsp3) is 0.214. The van der Waals surface area contributed by atoms with E-state index in [0.29, 0.717) is 5.76 Å². The molecular formula is C28H30N4O2. The molecule has 0 spiro atoms. The number of methoxy groups -OCH3 is 1. The fourth-order valence-corrected chi connectivity index (χ4v) is 3.69. The van der Waals surface area contributed by atoms with Crippen molar-refractivity contribution in [3.05, 3.63) is 102 Å². The van der Waals surface area contributed by atoms with Crippen molar-refractivity contribution < 1.29 is 9.47 Å². The molecule has 1 fully saturated rings. The van der Waals surface area contributed by atoms with Gasteiger partial charge in [0.05, 0.1) is 25.9 Å². The normalized spacial score (nSPS) is 14.9. The number of benzene rings is 1. The van der Waals surface area contributed by atoms with Crippen LogP contribution in [0.4, 0.5) is 5.69 Å². The van der Waals surface area contributed by atoms with Gasteiger partial charge in [0.1, 0.15) is 11.8 Å². The van der Waals surface area contributed by atoms with Crippen LogP contribution >= 0.6 is 0 Å². The third-order valence-corrected chi connectivity index (χ3v) is 5.57. The van der Waals surface area contributed by atoms with Crippen LogP contribution in [0, 0.1) is 11.3 Å². The molecule has 0 radical (unpaired) electrons. The number of morpholine rings is 1. The Kier molecular flexibility index (Phi) is 8.84. The summed E-state index contributed by atoms with van der Waals surface area (Å²) in [6.45, 7) is 11.0. The minimum atomic E-state index is 0.259. The first-order valence-corrected chi connectivity index (χ1v) is 11.1. The first-order valence-electron chi connectivity index (χ1n) is 11.1. The van der Waals surface area contributed by atoms with Crippen LogP contribution in [0.2, 0.25) is 0 Å². The Morgan fingerprint density at radius 1 is 1.21 bits per heavy atom. The summed E-state index contributed by atoms with van der Waals surface area (Å²) in [5.41, 5.74) is 6.25. The molecule has 0 saturated carbocycles. The van der Waals surface area contributed by atoms with E-state index >= 15 is 0 Å². The van der Waals surface area contributed by atoms with Gasteiger partial charge in [-0.05, 0) is 47.1 Å². The molecule has 6 heteroatoms. The van der Waals surface area contributed by atoms with Gasteiger partial charge in [0.2, 0.25) is 0 Å².